The third-order valence-corrected chi connectivity index (χ3v) is 5.55. The number of anilines is 1. The first-order valence-electron chi connectivity index (χ1n) is 10.9. The molecule has 0 aliphatic carbocycles. The van der Waals surface area contributed by atoms with Crippen LogP contribution in [-0.4, -0.2) is 37.9 Å². The predicted molar refractivity (Wildman–Crippen MR) is 127 cm³/mol. The van der Waals surface area contributed by atoms with Crippen LogP contribution >= 0.6 is 0 Å². The minimum absolute atomic E-state index is 0.000776. The van der Waals surface area contributed by atoms with E-state index >= 15 is 0 Å². The van der Waals surface area contributed by atoms with Gasteiger partial charge in [0.25, 0.3) is 5.78 Å². The summed E-state index contributed by atoms with van der Waals surface area (Å²) in [7, 11) is 0. The third kappa shape index (κ3) is 3.69. The van der Waals surface area contributed by atoms with Crippen molar-refractivity contribution in [2.24, 2.45) is 0 Å². The number of benzene rings is 2. The van der Waals surface area contributed by atoms with Gasteiger partial charge in [-0.3, -0.25) is 19.5 Å². The number of Topliss-reactive ketones (excluding diaryl/α,β-unsaturated/α-hetero) is 1. The maximum Gasteiger partial charge on any atom is 0.302 e. The van der Waals surface area contributed by atoms with Crippen LogP contribution in [0.3, 0.4) is 0 Å². The summed E-state index contributed by atoms with van der Waals surface area (Å²) in [5.74, 6) is -1.000. The summed E-state index contributed by atoms with van der Waals surface area (Å²) in [5.41, 5.74) is 2.32. The normalized spacial score (nSPS) is 17.6. The van der Waals surface area contributed by atoms with E-state index in [1.54, 1.807) is 48.8 Å². The highest BCUT2D eigenvalue weighted by Gasteiger charge is 2.48. The summed E-state index contributed by atoms with van der Waals surface area (Å²) in [4.78, 5) is 39.5. The largest absolute Gasteiger partial charge is 0.507 e. The molecule has 5 rings (SSSR count). The van der Waals surface area contributed by atoms with Crippen LogP contribution in [0.4, 0.5) is 5.95 Å². The number of pyridine rings is 1. The SMILES string of the molecule is CC(C)Oc1ccc(/C(O)=C2\C(=O)C(=O)N(c3nc4ccccc4[nH]3)C2c2cccnc2)cc1. The number of aromatic nitrogens is 3. The molecule has 2 N–H and O–H groups in total. The molecule has 1 atom stereocenters. The van der Waals surface area contributed by atoms with Crippen molar-refractivity contribution in [2.75, 3.05) is 4.90 Å². The smallest absolute Gasteiger partial charge is 0.302 e. The lowest BCUT2D eigenvalue weighted by Crippen LogP contribution is -2.30. The molecule has 1 fully saturated rings. The number of hydrogen-bond donors (Lipinski definition) is 2. The fourth-order valence-corrected chi connectivity index (χ4v) is 4.08. The van der Waals surface area contributed by atoms with Crippen molar-refractivity contribution in [3.05, 3.63) is 89.8 Å². The molecular formula is C26H22N4O4. The van der Waals surface area contributed by atoms with Crippen molar-refractivity contribution in [2.45, 2.75) is 26.0 Å². The zero-order valence-corrected chi connectivity index (χ0v) is 18.6. The number of aliphatic hydroxyl groups excluding tert-OH is 1. The van der Waals surface area contributed by atoms with Gasteiger partial charge in [0.1, 0.15) is 11.5 Å². The Morgan fingerprint density at radius 3 is 2.50 bits per heavy atom. The Balaban J connectivity index is 1.65. The molecule has 1 aliphatic rings. The molecule has 34 heavy (non-hydrogen) atoms. The van der Waals surface area contributed by atoms with Gasteiger partial charge in [-0.2, -0.15) is 0 Å². The van der Waals surface area contributed by atoms with Crippen molar-refractivity contribution < 1.29 is 19.4 Å². The molecule has 3 heterocycles. The van der Waals surface area contributed by atoms with E-state index in [1.165, 1.54) is 4.90 Å². The minimum atomic E-state index is -0.902. The van der Waals surface area contributed by atoms with Crippen LogP contribution in [0.1, 0.15) is 31.0 Å². The molecule has 1 saturated heterocycles. The number of ketones is 1. The molecule has 0 spiro atoms. The lowest BCUT2D eigenvalue weighted by molar-refractivity contribution is -0.132. The summed E-state index contributed by atoms with van der Waals surface area (Å²) in [5, 5.41) is 11.2. The monoisotopic (exact) mass is 454 g/mol. The van der Waals surface area contributed by atoms with Crippen molar-refractivity contribution in [3.63, 3.8) is 0 Å². The van der Waals surface area contributed by atoms with Gasteiger partial charge in [0, 0.05) is 18.0 Å². The molecule has 2 aromatic heterocycles. The Labute approximate surface area is 195 Å². The number of para-hydroxylation sites is 2. The Kier molecular flexibility index (Phi) is 5.33. The van der Waals surface area contributed by atoms with E-state index in [-0.39, 0.29) is 23.4 Å². The Bertz CT molecular complexity index is 1370. The number of H-pyrrole nitrogens is 1. The second-order valence-electron chi connectivity index (χ2n) is 8.22. The number of rotatable bonds is 5. The van der Waals surface area contributed by atoms with Crippen LogP contribution in [-0.2, 0) is 9.59 Å². The maximum atomic E-state index is 13.2. The number of aromatic amines is 1. The number of carbonyl (C=O) groups is 2. The first kappa shape index (κ1) is 21.4. The lowest BCUT2D eigenvalue weighted by atomic mass is 9.96. The molecule has 2 aromatic carbocycles. The molecule has 0 bridgehead atoms. The van der Waals surface area contributed by atoms with E-state index < -0.39 is 17.7 Å². The maximum absolute atomic E-state index is 13.2. The highest BCUT2D eigenvalue weighted by atomic mass is 16.5. The van der Waals surface area contributed by atoms with Gasteiger partial charge in [0.15, 0.2) is 0 Å². The summed E-state index contributed by atoms with van der Waals surface area (Å²) in [6.07, 6.45) is 3.17. The number of carbonyl (C=O) groups excluding carboxylic acids is 2. The number of hydrogen-bond acceptors (Lipinski definition) is 6. The molecule has 1 amide bonds. The Morgan fingerprint density at radius 1 is 1.06 bits per heavy atom. The second-order valence-corrected chi connectivity index (χ2v) is 8.22. The Hall–Kier alpha value is -4.46. The van der Waals surface area contributed by atoms with Crippen LogP contribution in [0.5, 0.6) is 5.75 Å². The van der Waals surface area contributed by atoms with Gasteiger partial charge >= 0.3 is 5.91 Å². The third-order valence-electron chi connectivity index (χ3n) is 5.55. The van der Waals surface area contributed by atoms with Crippen molar-refractivity contribution in [3.8, 4) is 5.75 Å². The van der Waals surface area contributed by atoms with Crippen molar-refractivity contribution >= 4 is 34.4 Å². The lowest BCUT2D eigenvalue weighted by Gasteiger charge is -2.22. The summed E-state index contributed by atoms with van der Waals surface area (Å²) < 4.78 is 5.66. The minimum Gasteiger partial charge on any atom is -0.507 e. The fraction of sp³-hybridized carbons (Fsp3) is 0.154. The molecular weight excluding hydrogens is 432 g/mol. The van der Waals surface area contributed by atoms with E-state index in [0.29, 0.717) is 22.4 Å². The molecule has 0 saturated carbocycles. The van der Waals surface area contributed by atoms with Gasteiger partial charge in [-0.25, -0.2) is 4.98 Å². The van der Waals surface area contributed by atoms with E-state index in [4.69, 9.17) is 4.74 Å². The van der Waals surface area contributed by atoms with Crippen LogP contribution in [0.2, 0.25) is 0 Å². The summed E-state index contributed by atoms with van der Waals surface area (Å²) in [6, 6.07) is 16.6. The van der Waals surface area contributed by atoms with Crippen LogP contribution in [0, 0.1) is 0 Å². The number of fused-ring (bicyclic) bond motifs is 1. The summed E-state index contributed by atoms with van der Waals surface area (Å²) >= 11 is 0. The average molecular weight is 454 g/mol. The van der Waals surface area contributed by atoms with Crippen LogP contribution < -0.4 is 9.64 Å². The van der Waals surface area contributed by atoms with E-state index in [0.717, 1.165) is 5.52 Å². The number of amides is 1. The number of nitrogens with zero attached hydrogens (tertiary/aromatic N) is 3. The van der Waals surface area contributed by atoms with Crippen LogP contribution in [0.15, 0.2) is 78.6 Å². The Morgan fingerprint density at radius 2 is 1.82 bits per heavy atom. The second kappa shape index (κ2) is 8.47. The zero-order valence-electron chi connectivity index (χ0n) is 18.6. The first-order valence-corrected chi connectivity index (χ1v) is 10.9. The standard InChI is InChI=1S/C26H22N4O4/c1-15(2)34-18-11-9-16(10-12-18)23(31)21-22(17-6-5-13-27-14-17)30(25(33)24(21)32)26-28-19-7-3-4-8-20(19)29-26/h3-15,22,31H,1-2H3,(H,28,29)/b23-21+. The van der Waals surface area contributed by atoms with E-state index in [1.807, 2.05) is 38.1 Å². The number of nitrogens with one attached hydrogen (secondary N) is 1. The first-order chi connectivity index (χ1) is 16.4. The molecule has 8 nitrogen and oxygen atoms in total. The number of imidazole rings is 1. The highest BCUT2D eigenvalue weighted by Crippen LogP contribution is 2.41. The van der Waals surface area contributed by atoms with Crippen LogP contribution in [0.25, 0.3) is 16.8 Å². The van der Waals surface area contributed by atoms with Gasteiger partial charge < -0.3 is 14.8 Å². The quantitative estimate of drug-likeness (QED) is 0.263. The van der Waals surface area contributed by atoms with E-state index in [9.17, 15) is 14.7 Å². The fourth-order valence-electron chi connectivity index (χ4n) is 4.08. The van der Waals surface area contributed by atoms with Crippen molar-refractivity contribution in [1.82, 2.24) is 15.0 Å². The molecule has 170 valence electrons. The molecule has 8 heteroatoms. The van der Waals surface area contributed by atoms with Gasteiger partial charge in [-0.05, 0) is 61.9 Å². The highest BCUT2D eigenvalue weighted by molar-refractivity contribution is 6.51. The molecule has 4 aromatic rings. The van der Waals surface area contributed by atoms with E-state index in [2.05, 4.69) is 15.0 Å². The molecule has 0 radical (unpaired) electrons. The van der Waals surface area contributed by atoms with Gasteiger partial charge in [-0.15, -0.1) is 0 Å². The van der Waals surface area contributed by atoms with Gasteiger partial charge in [0.05, 0.1) is 28.8 Å². The summed E-state index contributed by atoms with van der Waals surface area (Å²) in [6.45, 7) is 3.84. The molecule has 1 aliphatic heterocycles. The van der Waals surface area contributed by atoms with Gasteiger partial charge in [0.2, 0.25) is 5.95 Å². The average Bonchev–Trinajstić information content (AvgIpc) is 3.38. The number of ether oxygens (including phenoxy) is 1. The molecule has 1 unspecified atom stereocenters. The van der Waals surface area contributed by atoms with Gasteiger partial charge in [-0.1, -0.05) is 18.2 Å². The predicted octanol–water partition coefficient (Wildman–Crippen LogP) is 4.37. The van der Waals surface area contributed by atoms with Crippen molar-refractivity contribution in [1.29, 1.82) is 0 Å². The zero-order chi connectivity index (χ0) is 23.8. The number of aliphatic hydroxyl groups is 1. The topological polar surface area (TPSA) is 108 Å².